The van der Waals surface area contributed by atoms with Gasteiger partial charge >= 0.3 is 17.7 Å². The zero-order valence-electron chi connectivity index (χ0n) is 20.2. The zero-order valence-corrected chi connectivity index (χ0v) is 21.9. The van der Waals surface area contributed by atoms with E-state index in [4.69, 9.17) is 14.2 Å². The van der Waals surface area contributed by atoms with E-state index in [-0.39, 0.29) is 35.5 Å². The number of rotatable bonds is 12. The minimum atomic E-state index is -1.08. The molecule has 0 saturated carbocycles. The summed E-state index contributed by atoms with van der Waals surface area (Å²) in [6.07, 6.45) is 0.627. The Morgan fingerprint density at radius 2 is 1.86 bits per heavy atom. The summed E-state index contributed by atoms with van der Waals surface area (Å²) in [6, 6.07) is 8.37. The highest BCUT2D eigenvalue weighted by molar-refractivity contribution is 8.76. The van der Waals surface area contributed by atoms with Gasteiger partial charge in [-0.2, -0.15) is 0 Å². The van der Waals surface area contributed by atoms with Crippen molar-refractivity contribution in [2.75, 3.05) is 12.4 Å². The number of nitro groups is 1. The van der Waals surface area contributed by atoms with Crippen molar-refractivity contribution < 1.29 is 33.5 Å². The fourth-order valence-electron chi connectivity index (χ4n) is 2.48. The predicted molar refractivity (Wildman–Crippen MR) is 135 cm³/mol. The lowest BCUT2D eigenvalue weighted by Crippen LogP contribution is -2.45. The molecule has 1 aromatic carbocycles. The first-order valence-electron chi connectivity index (χ1n) is 10.7. The van der Waals surface area contributed by atoms with E-state index in [2.05, 4.69) is 10.3 Å². The summed E-state index contributed by atoms with van der Waals surface area (Å²) in [5.74, 6) is -0.276. The molecule has 0 aliphatic carbocycles. The Balaban J connectivity index is 2.00. The molecular formula is C23H27N3O8S2. The molecule has 36 heavy (non-hydrogen) atoms. The van der Waals surface area contributed by atoms with Crippen molar-refractivity contribution in [1.29, 1.82) is 0 Å². The molecule has 0 aliphatic rings. The fourth-order valence-corrected chi connectivity index (χ4v) is 4.68. The third-order valence-corrected chi connectivity index (χ3v) is 6.34. The van der Waals surface area contributed by atoms with E-state index in [9.17, 15) is 24.5 Å². The minimum absolute atomic E-state index is 0.0360. The molecule has 0 spiro atoms. The molecule has 2 rings (SSSR count). The number of nitrogens with zero attached hydrogens (tertiary/aromatic N) is 2. The number of aromatic nitrogens is 1. The highest BCUT2D eigenvalue weighted by atomic mass is 33.1. The van der Waals surface area contributed by atoms with Gasteiger partial charge in [-0.1, -0.05) is 22.9 Å². The van der Waals surface area contributed by atoms with E-state index >= 15 is 0 Å². The predicted octanol–water partition coefficient (Wildman–Crippen LogP) is 4.33. The Hall–Kier alpha value is -3.32. The number of benzene rings is 1. The summed E-state index contributed by atoms with van der Waals surface area (Å²) < 4.78 is 15.9. The lowest BCUT2D eigenvalue weighted by molar-refractivity contribution is -0.388. The highest BCUT2D eigenvalue weighted by Gasteiger charge is 2.26. The second kappa shape index (κ2) is 13.7. The van der Waals surface area contributed by atoms with Crippen molar-refractivity contribution in [1.82, 2.24) is 10.3 Å². The van der Waals surface area contributed by atoms with Crippen LogP contribution in [0.25, 0.3) is 0 Å². The maximum Gasteiger partial charge on any atom is 0.408 e. The van der Waals surface area contributed by atoms with Crippen LogP contribution < -0.4 is 10.1 Å². The second-order valence-corrected chi connectivity index (χ2v) is 10.7. The highest BCUT2D eigenvalue weighted by Crippen LogP contribution is 2.35. The van der Waals surface area contributed by atoms with Crippen molar-refractivity contribution >= 4 is 45.1 Å². The van der Waals surface area contributed by atoms with Gasteiger partial charge in [-0.05, 0) is 62.3 Å². The summed E-state index contributed by atoms with van der Waals surface area (Å²) in [4.78, 5) is 50.7. The lowest BCUT2D eigenvalue weighted by Gasteiger charge is -2.22. The van der Waals surface area contributed by atoms with Crippen molar-refractivity contribution in [3.63, 3.8) is 0 Å². The van der Waals surface area contributed by atoms with Gasteiger partial charge in [0.05, 0.1) is 4.92 Å². The zero-order chi connectivity index (χ0) is 26.7. The van der Waals surface area contributed by atoms with Gasteiger partial charge < -0.3 is 19.5 Å². The van der Waals surface area contributed by atoms with E-state index in [1.54, 1.807) is 45.0 Å². The topological polar surface area (TPSA) is 147 Å². The number of hydrogen-bond acceptors (Lipinski definition) is 11. The molecular weight excluding hydrogens is 510 g/mol. The Morgan fingerprint density at radius 1 is 1.17 bits per heavy atom. The Bertz CT molecular complexity index is 1070. The third-order valence-electron chi connectivity index (χ3n) is 4.04. The summed E-state index contributed by atoms with van der Waals surface area (Å²) in [7, 11) is 2.11. The maximum absolute atomic E-state index is 12.8. The van der Waals surface area contributed by atoms with Gasteiger partial charge in [0.2, 0.25) is 0 Å². The molecule has 194 valence electrons. The average molecular weight is 538 g/mol. The largest absolute Gasteiger partial charge is 0.486 e. The monoisotopic (exact) mass is 537 g/mol. The molecule has 1 aromatic heterocycles. The van der Waals surface area contributed by atoms with Crippen molar-refractivity contribution in [2.24, 2.45) is 0 Å². The number of ketones is 1. The number of carbonyl (C=O) groups is 3. The number of nitrogens with one attached hydrogen (secondary N) is 1. The van der Waals surface area contributed by atoms with Gasteiger partial charge in [0.1, 0.15) is 30.6 Å². The summed E-state index contributed by atoms with van der Waals surface area (Å²) in [5.41, 5.74) is -0.271. The number of esters is 1. The smallest absolute Gasteiger partial charge is 0.408 e. The Labute approximate surface area is 216 Å². The Kier molecular flexibility index (Phi) is 11.0. The molecule has 13 heteroatoms. The minimum Gasteiger partial charge on any atom is -0.486 e. The van der Waals surface area contributed by atoms with Crippen LogP contribution in [0.15, 0.2) is 47.6 Å². The van der Waals surface area contributed by atoms with Gasteiger partial charge in [-0.25, -0.2) is 14.6 Å². The first kappa shape index (κ1) is 28.9. The number of hydrogen-bond donors (Lipinski definition) is 1. The first-order chi connectivity index (χ1) is 16.9. The van der Waals surface area contributed by atoms with Gasteiger partial charge in [-0.3, -0.25) is 14.9 Å². The number of Topliss-reactive ketones (excluding diaryl/α,β-unsaturated/α-hetero) is 1. The number of amides is 1. The number of carbonyl (C=O) groups excluding carboxylic acids is 3. The van der Waals surface area contributed by atoms with E-state index < -0.39 is 28.6 Å². The van der Waals surface area contributed by atoms with E-state index in [1.165, 1.54) is 25.3 Å². The van der Waals surface area contributed by atoms with Crippen LogP contribution in [-0.2, 0) is 25.7 Å². The van der Waals surface area contributed by atoms with E-state index in [0.717, 1.165) is 21.6 Å². The Morgan fingerprint density at radius 3 is 2.47 bits per heavy atom. The van der Waals surface area contributed by atoms with Crippen molar-refractivity contribution in [2.45, 2.75) is 51.0 Å². The number of pyridine rings is 1. The molecule has 1 amide bonds. The van der Waals surface area contributed by atoms with Crippen LogP contribution in [0, 0.1) is 10.1 Å². The third kappa shape index (κ3) is 10.5. The van der Waals surface area contributed by atoms with Crippen LogP contribution in [0.3, 0.4) is 0 Å². The first-order valence-corrected chi connectivity index (χ1v) is 13.0. The SMILES string of the molecule is CC(=O)COc1ccc(COC(=O)C(CSSc2ncccc2[N+](=O)[O-])NC(=O)OC(C)(C)C)cc1. The summed E-state index contributed by atoms with van der Waals surface area (Å²) >= 11 is 0. The second-order valence-electron chi connectivity index (χ2n) is 8.39. The van der Waals surface area contributed by atoms with Crippen LogP contribution >= 0.6 is 21.6 Å². The van der Waals surface area contributed by atoms with Crippen LogP contribution in [0.4, 0.5) is 10.5 Å². The van der Waals surface area contributed by atoms with E-state index in [1.807, 2.05) is 0 Å². The lowest BCUT2D eigenvalue weighted by atomic mass is 10.2. The molecule has 0 aliphatic heterocycles. The van der Waals surface area contributed by atoms with Gasteiger partial charge in [0.25, 0.3) is 0 Å². The molecule has 0 fully saturated rings. The van der Waals surface area contributed by atoms with Gasteiger partial charge in [0, 0.05) is 18.0 Å². The standard InChI is InChI=1S/C23H27N3O8S2/c1-15(27)12-32-17-9-7-16(8-10-17)13-33-21(28)18(25-22(29)34-23(2,3)4)14-35-36-20-19(26(30)31)6-5-11-24-20/h5-11,18H,12-14H2,1-4H3,(H,25,29). The van der Waals surface area contributed by atoms with E-state index in [0.29, 0.717) is 11.3 Å². The fraction of sp³-hybridized carbons (Fsp3) is 0.391. The van der Waals surface area contributed by atoms with Crippen molar-refractivity contribution in [3.05, 3.63) is 58.3 Å². The quantitative estimate of drug-likeness (QED) is 0.178. The van der Waals surface area contributed by atoms with Crippen molar-refractivity contribution in [3.8, 4) is 5.75 Å². The molecule has 11 nitrogen and oxygen atoms in total. The van der Waals surface area contributed by atoms with Gasteiger partial charge in [0.15, 0.2) is 10.8 Å². The summed E-state index contributed by atoms with van der Waals surface area (Å²) in [6.45, 7) is 6.38. The normalized spacial score (nSPS) is 11.8. The number of alkyl carbamates (subject to hydrolysis) is 1. The van der Waals surface area contributed by atoms with Crippen LogP contribution in [0.1, 0.15) is 33.3 Å². The molecule has 1 atom stereocenters. The van der Waals surface area contributed by atoms with Crippen LogP contribution in [-0.4, -0.2) is 51.8 Å². The average Bonchev–Trinajstić information content (AvgIpc) is 2.80. The van der Waals surface area contributed by atoms with Crippen LogP contribution in [0.2, 0.25) is 0 Å². The molecule has 1 heterocycles. The van der Waals surface area contributed by atoms with Crippen LogP contribution in [0.5, 0.6) is 5.75 Å². The molecule has 0 radical (unpaired) electrons. The van der Waals surface area contributed by atoms with Gasteiger partial charge in [-0.15, -0.1) is 0 Å². The molecule has 0 saturated heterocycles. The number of ether oxygens (including phenoxy) is 3. The summed E-state index contributed by atoms with van der Waals surface area (Å²) in [5, 5.41) is 13.8. The molecule has 1 unspecified atom stereocenters. The molecule has 2 aromatic rings. The maximum atomic E-state index is 12.8. The molecule has 1 N–H and O–H groups in total. The molecule has 0 bridgehead atoms.